The number of benzene rings is 2. The summed E-state index contributed by atoms with van der Waals surface area (Å²) < 4.78 is 45.8. The van der Waals surface area contributed by atoms with Crippen molar-refractivity contribution < 1.29 is 27.8 Å². The topological polar surface area (TPSA) is 59.4 Å². The van der Waals surface area contributed by atoms with Gasteiger partial charge in [-0.15, -0.1) is 0 Å². The van der Waals surface area contributed by atoms with E-state index in [1.807, 2.05) is 31.2 Å². The van der Waals surface area contributed by atoms with Gasteiger partial charge in [0.05, 0.1) is 5.52 Å². The van der Waals surface area contributed by atoms with Crippen molar-refractivity contribution in [2.24, 2.45) is 0 Å². The van der Waals surface area contributed by atoms with Gasteiger partial charge >= 0.3 is 12.1 Å². The van der Waals surface area contributed by atoms with E-state index < -0.39 is 23.9 Å². The molecule has 3 aromatic rings. The molecule has 1 heterocycles. The summed E-state index contributed by atoms with van der Waals surface area (Å²) in [6.07, 6.45) is -5.87. The van der Waals surface area contributed by atoms with Gasteiger partial charge in [-0.05, 0) is 62.1 Å². The monoisotopic (exact) mass is 465 g/mol. The molecule has 0 aliphatic heterocycles. The lowest BCUT2D eigenvalue weighted by molar-refractivity contribution is -0.277. The van der Waals surface area contributed by atoms with Crippen LogP contribution >= 0.6 is 11.6 Å². The Morgan fingerprint density at radius 3 is 2.31 bits per heavy atom. The molecule has 0 bridgehead atoms. The van der Waals surface area contributed by atoms with Crippen LogP contribution in [0.1, 0.15) is 43.7 Å². The predicted octanol–water partition coefficient (Wildman–Crippen LogP) is 6.91. The fourth-order valence-corrected chi connectivity index (χ4v) is 3.68. The SMILES string of the molecule is CCc1ccc(-c2c(C(OC(C)(C)C(F)(F)F)C(=O)O)c(C)nc3ccc(Cl)cc23)cc1. The van der Waals surface area contributed by atoms with Crippen LogP contribution in [0.2, 0.25) is 5.02 Å². The van der Waals surface area contributed by atoms with E-state index in [1.165, 1.54) is 0 Å². The number of pyridine rings is 1. The second-order valence-corrected chi connectivity index (χ2v) is 8.48. The van der Waals surface area contributed by atoms with Crippen LogP contribution in [0.4, 0.5) is 13.2 Å². The molecule has 0 aliphatic rings. The first-order valence-electron chi connectivity index (χ1n) is 10.0. The second-order valence-electron chi connectivity index (χ2n) is 8.04. The van der Waals surface area contributed by atoms with Crippen molar-refractivity contribution in [2.75, 3.05) is 0 Å². The third-order valence-corrected chi connectivity index (χ3v) is 5.64. The molecule has 1 atom stereocenters. The lowest BCUT2D eigenvalue weighted by Gasteiger charge is -2.32. The first-order valence-corrected chi connectivity index (χ1v) is 10.4. The molecule has 32 heavy (non-hydrogen) atoms. The molecule has 2 aromatic carbocycles. The molecule has 0 saturated carbocycles. The van der Waals surface area contributed by atoms with E-state index >= 15 is 0 Å². The minimum absolute atomic E-state index is 0.0637. The number of carbonyl (C=O) groups is 1. The fourth-order valence-electron chi connectivity index (χ4n) is 3.51. The zero-order valence-electron chi connectivity index (χ0n) is 18.0. The first kappa shape index (κ1) is 24.0. The fraction of sp³-hybridized carbons (Fsp3) is 0.333. The van der Waals surface area contributed by atoms with Gasteiger partial charge in [-0.3, -0.25) is 4.98 Å². The van der Waals surface area contributed by atoms with E-state index in [9.17, 15) is 23.1 Å². The summed E-state index contributed by atoms with van der Waals surface area (Å²) in [6.45, 7) is 5.17. The van der Waals surface area contributed by atoms with E-state index in [0.29, 0.717) is 27.1 Å². The van der Waals surface area contributed by atoms with Crippen LogP contribution in [0.3, 0.4) is 0 Å². The van der Waals surface area contributed by atoms with Crippen LogP contribution in [0.15, 0.2) is 42.5 Å². The van der Waals surface area contributed by atoms with Gasteiger partial charge < -0.3 is 9.84 Å². The molecule has 1 N–H and O–H groups in total. The second kappa shape index (κ2) is 8.71. The summed E-state index contributed by atoms with van der Waals surface area (Å²) >= 11 is 6.20. The number of hydrogen-bond acceptors (Lipinski definition) is 3. The number of nitrogens with zero attached hydrogens (tertiary/aromatic N) is 1. The molecule has 0 saturated heterocycles. The van der Waals surface area contributed by atoms with Crippen LogP contribution in [-0.4, -0.2) is 27.8 Å². The Morgan fingerprint density at radius 1 is 1.16 bits per heavy atom. The number of carboxylic acid groups (broad SMARTS) is 1. The summed E-state index contributed by atoms with van der Waals surface area (Å²) in [6, 6.07) is 12.4. The van der Waals surface area contributed by atoms with Crippen LogP contribution in [-0.2, 0) is 16.0 Å². The maximum Gasteiger partial charge on any atom is 0.416 e. The van der Waals surface area contributed by atoms with Gasteiger partial charge in [-0.1, -0.05) is 42.8 Å². The zero-order valence-corrected chi connectivity index (χ0v) is 18.8. The van der Waals surface area contributed by atoms with Crippen molar-refractivity contribution in [3.8, 4) is 11.1 Å². The molecule has 4 nitrogen and oxygen atoms in total. The maximum atomic E-state index is 13.5. The molecule has 0 fully saturated rings. The lowest BCUT2D eigenvalue weighted by atomic mass is 9.90. The van der Waals surface area contributed by atoms with Crippen molar-refractivity contribution in [2.45, 2.75) is 52.0 Å². The minimum atomic E-state index is -4.77. The van der Waals surface area contributed by atoms with Crippen LogP contribution < -0.4 is 0 Å². The standard InChI is InChI=1S/C24H23ClF3NO3/c1-5-14-6-8-15(9-7-14)20-17-12-16(25)10-11-18(17)29-13(2)19(20)21(22(30)31)32-23(3,4)24(26,27)28/h6-12,21H,5H2,1-4H3,(H,30,31). The van der Waals surface area contributed by atoms with E-state index in [0.717, 1.165) is 25.8 Å². The van der Waals surface area contributed by atoms with Crippen molar-refractivity contribution in [3.05, 3.63) is 64.3 Å². The molecule has 0 aliphatic carbocycles. The van der Waals surface area contributed by atoms with Crippen LogP contribution in [0, 0.1) is 6.92 Å². The molecule has 0 amide bonds. The molecule has 0 spiro atoms. The zero-order chi connectivity index (χ0) is 23.8. The quantitative estimate of drug-likeness (QED) is 0.429. The molecular formula is C24H23ClF3NO3. The van der Waals surface area contributed by atoms with Gasteiger partial charge in [-0.25, -0.2) is 4.79 Å². The van der Waals surface area contributed by atoms with E-state index in [1.54, 1.807) is 25.1 Å². The highest BCUT2D eigenvalue weighted by Crippen LogP contribution is 2.43. The van der Waals surface area contributed by atoms with Crippen molar-refractivity contribution in [1.29, 1.82) is 0 Å². The van der Waals surface area contributed by atoms with Gasteiger partial charge in [0.1, 0.15) is 0 Å². The Hall–Kier alpha value is -2.64. The van der Waals surface area contributed by atoms with Crippen LogP contribution in [0.25, 0.3) is 22.0 Å². The molecule has 1 unspecified atom stereocenters. The lowest BCUT2D eigenvalue weighted by Crippen LogP contribution is -2.44. The number of alkyl halides is 3. The normalized spacial score (nSPS) is 13.4. The third kappa shape index (κ3) is 4.59. The largest absolute Gasteiger partial charge is 0.479 e. The number of hydrogen-bond donors (Lipinski definition) is 1. The number of rotatable bonds is 6. The van der Waals surface area contributed by atoms with Crippen LogP contribution in [0.5, 0.6) is 0 Å². The van der Waals surface area contributed by atoms with Gasteiger partial charge in [-0.2, -0.15) is 13.2 Å². The van der Waals surface area contributed by atoms with Gasteiger partial charge in [0.25, 0.3) is 0 Å². The molecular weight excluding hydrogens is 443 g/mol. The number of aliphatic carboxylic acids is 1. The van der Waals surface area contributed by atoms with Gasteiger partial charge in [0.2, 0.25) is 0 Å². The minimum Gasteiger partial charge on any atom is -0.479 e. The summed E-state index contributed by atoms with van der Waals surface area (Å²) in [5.74, 6) is -1.54. The van der Waals surface area contributed by atoms with Gasteiger partial charge in [0, 0.05) is 21.7 Å². The van der Waals surface area contributed by atoms with Gasteiger partial charge in [0.15, 0.2) is 11.7 Å². The average Bonchev–Trinajstić information content (AvgIpc) is 2.71. The van der Waals surface area contributed by atoms with E-state index in [4.69, 9.17) is 16.3 Å². The Bertz CT molecular complexity index is 1160. The number of halogens is 4. The number of aromatic nitrogens is 1. The molecule has 0 radical (unpaired) electrons. The maximum absolute atomic E-state index is 13.5. The summed E-state index contributed by atoms with van der Waals surface area (Å²) in [5.41, 5.74) is 0.304. The first-order chi connectivity index (χ1) is 14.9. The Morgan fingerprint density at radius 2 is 1.78 bits per heavy atom. The molecule has 3 rings (SSSR count). The number of fused-ring (bicyclic) bond motifs is 1. The molecule has 170 valence electrons. The highest BCUT2D eigenvalue weighted by atomic mass is 35.5. The Balaban J connectivity index is 2.35. The number of aryl methyl sites for hydroxylation is 2. The summed E-state index contributed by atoms with van der Waals surface area (Å²) in [7, 11) is 0. The molecule has 1 aromatic heterocycles. The Kier molecular flexibility index (Phi) is 6.54. The smallest absolute Gasteiger partial charge is 0.416 e. The van der Waals surface area contributed by atoms with Crippen molar-refractivity contribution in [3.63, 3.8) is 0 Å². The van der Waals surface area contributed by atoms with E-state index in [2.05, 4.69) is 4.98 Å². The molecule has 8 heteroatoms. The summed E-state index contributed by atoms with van der Waals surface area (Å²) in [4.78, 5) is 16.6. The summed E-state index contributed by atoms with van der Waals surface area (Å²) in [5, 5.41) is 10.8. The highest BCUT2D eigenvalue weighted by Gasteiger charge is 2.51. The number of carboxylic acids is 1. The van der Waals surface area contributed by atoms with Crippen molar-refractivity contribution >= 4 is 28.5 Å². The van der Waals surface area contributed by atoms with E-state index in [-0.39, 0.29) is 11.3 Å². The number of ether oxygens (including phenoxy) is 1. The van der Waals surface area contributed by atoms with Crippen molar-refractivity contribution in [1.82, 2.24) is 4.98 Å². The predicted molar refractivity (Wildman–Crippen MR) is 118 cm³/mol. The average molecular weight is 466 g/mol. The third-order valence-electron chi connectivity index (χ3n) is 5.41. The Labute approximate surface area is 189 Å². The highest BCUT2D eigenvalue weighted by molar-refractivity contribution is 6.31.